The minimum absolute atomic E-state index is 0.108. The van der Waals surface area contributed by atoms with E-state index in [-0.39, 0.29) is 19.0 Å². The molecule has 7 heteroatoms. The van der Waals surface area contributed by atoms with Gasteiger partial charge in [0.25, 0.3) is 0 Å². The molecule has 0 saturated heterocycles. The van der Waals surface area contributed by atoms with Gasteiger partial charge in [0.05, 0.1) is 37.9 Å². The van der Waals surface area contributed by atoms with Gasteiger partial charge in [-0.3, -0.25) is 9.00 Å². The molecule has 6 nitrogen and oxygen atoms in total. The number of rotatable bonds is 10. The van der Waals surface area contributed by atoms with E-state index >= 15 is 0 Å². The molecule has 1 aliphatic carbocycles. The van der Waals surface area contributed by atoms with Gasteiger partial charge in [-0.15, -0.1) is 0 Å². The number of methoxy groups -OCH3 is 1. The van der Waals surface area contributed by atoms with Crippen LogP contribution in [0.25, 0.3) is 17.2 Å². The van der Waals surface area contributed by atoms with E-state index in [2.05, 4.69) is 6.07 Å². The maximum absolute atomic E-state index is 12.5. The van der Waals surface area contributed by atoms with Crippen LogP contribution in [-0.4, -0.2) is 50.0 Å². The van der Waals surface area contributed by atoms with Crippen LogP contribution in [0.15, 0.2) is 52.9 Å². The molecule has 3 rings (SSSR count). The summed E-state index contributed by atoms with van der Waals surface area (Å²) in [5.74, 6) is -0.343. The molecule has 2 aromatic rings. The number of esters is 1. The Morgan fingerprint density at radius 3 is 2.45 bits per heavy atom. The third-order valence-corrected chi connectivity index (χ3v) is 6.32. The Balaban J connectivity index is 1.83. The number of ether oxygens (including phenoxy) is 3. The number of carbonyl (C=O) groups is 1. The highest BCUT2D eigenvalue weighted by Gasteiger charge is 2.26. The highest BCUT2D eigenvalue weighted by Crippen LogP contribution is 2.44. The molecule has 0 radical (unpaired) electrons. The monoisotopic (exact) mass is 465 g/mol. The number of hydrogen-bond acceptors (Lipinski definition) is 6. The molecule has 0 fully saturated rings. The minimum Gasteiger partial charge on any atom is -0.463 e. The number of benzene rings is 2. The van der Waals surface area contributed by atoms with E-state index < -0.39 is 10.8 Å². The average molecular weight is 466 g/mol. The van der Waals surface area contributed by atoms with Gasteiger partial charge in [-0.2, -0.15) is 5.26 Å². The summed E-state index contributed by atoms with van der Waals surface area (Å²) >= 11 is 0. The summed E-state index contributed by atoms with van der Waals surface area (Å²) in [6, 6.07) is 15.2. The molecule has 2 aromatic carbocycles. The lowest BCUT2D eigenvalue weighted by Crippen LogP contribution is -2.12. The lowest BCUT2D eigenvalue weighted by atomic mass is 9.99. The second-order valence-corrected chi connectivity index (χ2v) is 8.94. The van der Waals surface area contributed by atoms with Crippen LogP contribution in [0, 0.1) is 11.3 Å². The van der Waals surface area contributed by atoms with Crippen LogP contribution < -0.4 is 0 Å². The standard InChI is InChI=1S/C26H27NO5S/c1-18-23(14-19-4-7-21(8-5-19)33(3)29)22-9-6-20(17-27)15-25(22)24(18)16-26(28)32-13-12-31-11-10-30-2/h4-9,14-15H,10-13,16H2,1-3H3. The molecule has 0 heterocycles. The van der Waals surface area contributed by atoms with Crippen molar-refractivity contribution in [1.82, 2.24) is 0 Å². The molecule has 33 heavy (non-hydrogen) atoms. The Bertz CT molecular complexity index is 1140. The van der Waals surface area contributed by atoms with Crippen molar-refractivity contribution in [2.24, 2.45) is 0 Å². The first-order valence-electron chi connectivity index (χ1n) is 10.6. The fourth-order valence-electron chi connectivity index (χ4n) is 3.66. The number of fused-ring (bicyclic) bond motifs is 1. The van der Waals surface area contributed by atoms with E-state index in [1.54, 1.807) is 19.4 Å². The Morgan fingerprint density at radius 2 is 1.79 bits per heavy atom. The molecule has 0 amide bonds. The smallest absolute Gasteiger partial charge is 0.310 e. The molecule has 0 N–H and O–H groups in total. The number of allylic oxidation sites excluding steroid dienone is 2. The molecule has 0 bridgehead atoms. The summed E-state index contributed by atoms with van der Waals surface area (Å²) in [4.78, 5) is 13.3. The zero-order valence-corrected chi connectivity index (χ0v) is 19.9. The van der Waals surface area contributed by atoms with Gasteiger partial charge in [-0.1, -0.05) is 18.2 Å². The van der Waals surface area contributed by atoms with Gasteiger partial charge in [-0.05, 0) is 70.7 Å². The SMILES string of the molecule is COCCOCCOC(=O)CC1=C(C)C(=Cc2ccc(S(C)=O)cc2)c2ccc(C#N)cc21. The van der Waals surface area contributed by atoms with Gasteiger partial charge in [-0.25, -0.2) is 0 Å². The van der Waals surface area contributed by atoms with Crippen molar-refractivity contribution in [3.63, 3.8) is 0 Å². The van der Waals surface area contributed by atoms with Crippen LogP contribution in [0.5, 0.6) is 0 Å². The summed E-state index contributed by atoms with van der Waals surface area (Å²) in [6.45, 7) is 3.40. The summed E-state index contributed by atoms with van der Waals surface area (Å²) < 4.78 is 27.2. The van der Waals surface area contributed by atoms with Gasteiger partial charge >= 0.3 is 5.97 Å². The van der Waals surface area contributed by atoms with Gasteiger partial charge in [0.15, 0.2) is 0 Å². The van der Waals surface area contributed by atoms with Crippen molar-refractivity contribution in [1.29, 1.82) is 5.26 Å². The summed E-state index contributed by atoms with van der Waals surface area (Å²) in [5.41, 5.74) is 6.16. The Kier molecular flexibility index (Phi) is 8.72. The Morgan fingerprint density at radius 1 is 1.06 bits per heavy atom. The first kappa shape index (κ1) is 24.6. The topological polar surface area (TPSA) is 85.6 Å². The molecule has 0 saturated carbocycles. The van der Waals surface area contributed by atoms with Crippen molar-refractivity contribution in [3.8, 4) is 6.07 Å². The molecule has 0 spiro atoms. The summed E-state index contributed by atoms with van der Waals surface area (Å²) in [6.07, 6.45) is 3.80. The van der Waals surface area contributed by atoms with Crippen LogP contribution >= 0.6 is 0 Å². The summed E-state index contributed by atoms with van der Waals surface area (Å²) in [7, 11) is 0.565. The number of hydrogen-bond donors (Lipinski definition) is 0. The third kappa shape index (κ3) is 6.26. The summed E-state index contributed by atoms with van der Waals surface area (Å²) in [5, 5.41) is 9.36. The molecule has 0 aromatic heterocycles. The molecular formula is C26H27NO5S. The van der Waals surface area contributed by atoms with E-state index in [0.29, 0.717) is 25.4 Å². The van der Waals surface area contributed by atoms with E-state index in [9.17, 15) is 14.3 Å². The van der Waals surface area contributed by atoms with Crippen molar-refractivity contribution in [2.75, 3.05) is 39.8 Å². The van der Waals surface area contributed by atoms with Crippen LogP contribution in [0.3, 0.4) is 0 Å². The number of nitrogens with zero attached hydrogens (tertiary/aromatic N) is 1. The van der Waals surface area contributed by atoms with Crippen molar-refractivity contribution < 1.29 is 23.2 Å². The molecule has 172 valence electrons. The lowest BCUT2D eigenvalue weighted by molar-refractivity contribution is -0.144. The molecule has 1 atom stereocenters. The highest BCUT2D eigenvalue weighted by atomic mass is 32.2. The first-order chi connectivity index (χ1) is 15.9. The van der Waals surface area contributed by atoms with Crippen LogP contribution in [0.1, 0.15) is 35.6 Å². The van der Waals surface area contributed by atoms with Crippen LogP contribution in [-0.2, 0) is 29.8 Å². The van der Waals surface area contributed by atoms with E-state index in [1.165, 1.54) is 0 Å². The van der Waals surface area contributed by atoms with E-state index in [0.717, 1.165) is 38.3 Å². The van der Waals surface area contributed by atoms with Gasteiger partial charge < -0.3 is 14.2 Å². The molecule has 1 unspecified atom stereocenters. The highest BCUT2D eigenvalue weighted by molar-refractivity contribution is 7.84. The molecular weight excluding hydrogens is 438 g/mol. The normalized spacial score (nSPS) is 14.8. The van der Waals surface area contributed by atoms with Gasteiger partial charge in [0.1, 0.15) is 6.61 Å². The van der Waals surface area contributed by atoms with Crippen molar-refractivity contribution >= 4 is 34.0 Å². The fraction of sp³-hybridized carbons (Fsp3) is 0.308. The van der Waals surface area contributed by atoms with E-state index in [4.69, 9.17) is 14.2 Å². The fourth-order valence-corrected chi connectivity index (χ4v) is 4.17. The average Bonchev–Trinajstić information content (AvgIpc) is 3.06. The quantitative estimate of drug-likeness (QED) is 0.386. The molecule has 1 aliphatic rings. The second-order valence-electron chi connectivity index (χ2n) is 7.56. The van der Waals surface area contributed by atoms with Crippen molar-refractivity contribution in [2.45, 2.75) is 18.2 Å². The lowest BCUT2D eigenvalue weighted by Gasteiger charge is -2.08. The Hall–Kier alpha value is -3.05. The zero-order chi connectivity index (χ0) is 23.8. The number of carbonyl (C=O) groups excluding carboxylic acids is 1. The second kappa shape index (κ2) is 11.7. The van der Waals surface area contributed by atoms with Crippen LogP contribution in [0.2, 0.25) is 0 Å². The zero-order valence-electron chi connectivity index (χ0n) is 19.1. The van der Waals surface area contributed by atoms with Crippen molar-refractivity contribution in [3.05, 3.63) is 70.3 Å². The largest absolute Gasteiger partial charge is 0.463 e. The number of nitriles is 1. The molecule has 0 aliphatic heterocycles. The maximum Gasteiger partial charge on any atom is 0.310 e. The maximum atomic E-state index is 12.5. The minimum atomic E-state index is -1.03. The van der Waals surface area contributed by atoms with Gasteiger partial charge in [0, 0.05) is 29.1 Å². The predicted octanol–water partition coefficient (Wildman–Crippen LogP) is 4.22. The van der Waals surface area contributed by atoms with Crippen LogP contribution in [0.4, 0.5) is 0 Å². The third-order valence-electron chi connectivity index (χ3n) is 5.39. The Labute approximate surface area is 196 Å². The predicted molar refractivity (Wildman–Crippen MR) is 129 cm³/mol. The van der Waals surface area contributed by atoms with E-state index in [1.807, 2.05) is 49.4 Å². The van der Waals surface area contributed by atoms with Gasteiger partial charge in [0.2, 0.25) is 0 Å². The first-order valence-corrected chi connectivity index (χ1v) is 12.1.